The normalized spacial score (nSPS) is 13.3. The van der Waals surface area contributed by atoms with Crippen molar-refractivity contribution in [1.82, 2.24) is 4.72 Å². The summed E-state index contributed by atoms with van der Waals surface area (Å²) in [5.41, 5.74) is 0.554. The van der Waals surface area contributed by atoms with Crippen LogP contribution in [0, 0.1) is 5.92 Å². The highest BCUT2D eigenvalue weighted by Crippen LogP contribution is 2.13. The maximum Gasteiger partial charge on any atom is 0.307 e. The lowest BCUT2D eigenvalue weighted by molar-refractivity contribution is -0.136. The Bertz CT molecular complexity index is 566. The van der Waals surface area contributed by atoms with Crippen molar-refractivity contribution in [3.05, 3.63) is 29.8 Å². The summed E-state index contributed by atoms with van der Waals surface area (Å²) >= 11 is 0. The van der Waals surface area contributed by atoms with Crippen LogP contribution in [0.2, 0.25) is 0 Å². The van der Waals surface area contributed by atoms with Crippen molar-refractivity contribution in [2.45, 2.75) is 31.2 Å². The van der Waals surface area contributed by atoms with Crippen molar-refractivity contribution in [3.63, 3.8) is 0 Å². The largest absolute Gasteiger partial charge is 0.481 e. The summed E-state index contributed by atoms with van der Waals surface area (Å²) in [6, 6.07) is 5.50. The summed E-state index contributed by atoms with van der Waals surface area (Å²) in [7, 11) is -2.13. The summed E-state index contributed by atoms with van der Waals surface area (Å²) in [6.45, 7) is 4.10. The standard InChI is InChI=1S/C14H21NO5S/c1-10(2)13(9-20-3)15-21(18,19)12-6-4-11(5-7-12)8-14(16)17/h4-7,10,13,15H,8-9H2,1-3H3,(H,16,17). The number of aliphatic carboxylic acids is 1. The second-order valence-corrected chi connectivity index (χ2v) is 6.86. The zero-order chi connectivity index (χ0) is 16.0. The Morgan fingerprint density at radius 1 is 1.29 bits per heavy atom. The Kier molecular flexibility index (Phi) is 6.32. The third-order valence-electron chi connectivity index (χ3n) is 3.05. The zero-order valence-electron chi connectivity index (χ0n) is 12.4. The molecule has 0 saturated carbocycles. The summed E-state index contributed by atoms with van der Waals surface area (Å²) < 4.78 is 32.2. The molecular weight excluding hydrogens is 294 g/mol. The first-order valence-corrected chi connectivity index (χ1v) is 8.06. The quantitative estimate of drug-likeness (QED) is 0.753. The summed E-state index contributed by atoms with van der Waals surface area (Å²) in [6.07, 6.45) is -0.133. The fourth-order valence-electron chi connectivity index (χ4n) is 1.77. The van der Waals surface area contributed by atoms with E-state index < -0.39 is 16.0 Å². The molecule has 2 N–H and O–H groups in total. The van der Waals surface area contributed by atoms with Gasteiger partial charge in [0.15, 0.2) is 0 Å². The summed E-state index contributed by atoms with van der Waals surface area (Å²) in [5, 5.41) is 8.69. The molecule has 0 radical (unpaired) electrons. The molecule has 0 aliphatic carbocycles. The molecule has 0 aromatic heterocycles. The first-order valence-electron chi connectivity index (χ1n) is 6.58. The fraction of sp³-hybridized carbons (Fsp3) is 0.500. The van der Waals surface area contributed by atoms with Crippen LogP contribution in [0.1, 0.15) is 19.4 Å². The number of ether oxygens (including phenoxy) is 1. The smallest absolute Gasteiger partial charge is 0.307 e. The topological polar surface area (TPSA) is 92.7 Å². The highest BCUT2D eigenvalue weighted by molar-refractivity contribution is 7.89. The first kappa shape index (κ1) is 17.6. The second kappa shape index (κ2) is 7.53. The van der Waals surface area contributed by atoms with Gasteiger partial charge in [-0.3, -0.25) is 4.79 Å². The Labute approximate surface area is 125 Å². The average Bonchev–Trinajstić information content (AvgIpc) is 2.37. The molecule has 118 valence electrons. The number of carboxylic acid groups (broad SMARTS) is 1. The van der Waals surface area contributed by atoms with Crippen molar-refractivity contribution in [2.24, 2.45) is 5.92 Å². The molecule has 0 bridgehead atoms. The number of nitrogens with one attached hydrogen (secondary N) is 1. The number of carbonyl (C=O) groups is 1. The van der Waals surface area contributed by atoms with E-state index in [1.807, 2.05) is 13.8 Å². The highest BCUT2D eigenvalue weighted by atomic mass is 32.2. The van der Waals surface area contributed by atoms with Gasteiger partial charge in [0.1, 0.15) is 0 Å². The molecule has 0 fully saturated rings. The van der Waals surface area contributed by atoms with Gasteiger partial charge in [0, 0.05) is 13.2 Å². The first-order chi connectivity index (χ1) is 9.76. The molecule has 1 aromatic rings. The minimum atomic E-state index is -3.65. The van der Waals surface area contributed by atoms with E-state index in [9.17, 15) is 13.2 Å². The van der Waals surface area contributed by atoms with E-state index in [4.69, 9.17) is 9.84 Å². The number of carboxylic acids is 1. The molecule has 0 aliphatic heterocycles. The Morgan fingerprint density at radius 3 is 2.29 bits per heavy atom. The van der Waals surface area contributed by atoms with E-state index >= 15 is 0 Å². The van der Waals surface area contributed by atoms with Gasteiger partial charge in [-0.05, 0) is 23.6 Å². The number of hydrogen-bond acceptors (Lipinski definition) is 4. The molecule has 1 rings (SSSR count). The highest BCUT2D eigenvalue weighted by Gasteiger charge is 2.22. The lowest BCUT2D eigenvalue weighted by Crippen LogP contribution is -2.41. The molecule has 7 heteroatoms. The van der Waals surface area contributed by atoms with Crippen molar-refractivity contribution in [3.8, 4) is 0 Å². The summed E-state index contributed by atoms with van der Waals surface area (Å²) in [4.78, 5) is 10.7. The molecular formula is C14H21NO5S. The average molecular weight is 315 g/mol. The zero-order valence-corrected chi connectivity index (χ0v) is 13.2. The van der Waals surface area contributed by atoms with Crippen LogP contribution < -0.4 is 4.72 Å². The van der Waals surface area contributed by atoms with Gasteiger partial charge in [-0.25, -0.2) is 13.1 Å². The third-order valence-corrected chi connectivity index (χ3v) is 4.55. The predicted octanol–water partition coefficient (Wildman–Crippen LogP) is 1.26. The predicted molar refractivity (Wildman–Crippen MR) is 78.6 cm³/mol. The van der Waals surface area contributed by atoms with Crippen LogP contribution in [0.25, 0.3) is 0 Å². The molecule has 1 unspecified atom stereocenters. The van der Waals surface area contributed by atoms with Gasteiger partial charge in [-0.15, -0.1) is 0 Å². The van der Waals surface area contributed by atoms with E-state index in [2.05, 4.69) is 4.72 Å². The molecule has 1 atom stereocenters. The number of benzene rings is 1. The lowest BCUT2D eigenvalue weighted by Gasteiger charge is -2.21. The van der Waals surface area contributed by atoms with Crippen LogP contribution in [0.5, 0.6) is 0 Å². The van der Waals surface area contributed by atoms with Crippen molar-refractivity contribution >= 4 is 16.0 Å². The molecule has 6 nitrogen and oxygen atoms in total. The van der Waals surface area contributed by atoms with Gasteiger partial charge in [-0.1, -0.05) is 26.0 Å². The third kappa shape index (κ3) is 5.45. The molecule has 21 heavy (non-hydrogen) atoms. The Morgan fingerprint density at radius 2 is 1.86 bits per heavy atom. The molecule has 0 saturated heterocycles. The number of methoxy groups -OCH3 is 1. The SMILES string of the molecule is COCC(NS(=O)(=O)c1ccc(CC(=O)O)cc1)C(C)C. The van der Waals surface area contributed by atoms with E-state index in [0.717, 1.165) is 0 Å². The fourth-order valence-corrected chi connectivity index (χ4v) is 3.14. The monoisotopic (exact) mass is 315 g/mol. The van der Waals surface area contributed by atoms with Gasteiger partial charge >= 0.3 is 5.97 Å². The summed E-state index contributed by atoms with van der Waals surface area (Å²) in [5.74, 6) is -0.866. The van der Waals surface area contributed by atoms with E-state index in [1.54, 1.807) is 0 Å². The Balaban J connectivity index is 2.89. The minimum Gasteiger partial charge on any atom is -0.481 e. The van der Waals surface area contributed by atoms with E-state index in [1.165, 1.54) is 31.4 Å². The molecule has 0 heterocycles. The number of rotatable bonds is 8. The van der Waals surface area contributed by atoms with Crippen LogP contribution in [-0.2, 0) is 26.0 Å². The number of sulfonamides is 1. The maximum absolute atomic E-state index is 12.3. The van der Waals surface area contributed by atoms with Crippen LogP contribution in [0.3, 0.4) is 0 Å². The molecule has 0 spiro atoms. The molecule has 0 aliphatic rings. The van der Waals surface area contributed by atoms with Crippen LogP contribution >= 0.6 is 0 Å². The lowest BCUT2D eigenvalue weighted by atomic mass is 10.1. The van der Waals surface area contributed by atoms with Crippen LogP contribution in [0.15, 0.2) is 29.2 Å². The minimum absolute atomic E-state index is 0.0889. The van der Waals surface area contributed by atoms with E-state index in [0.29, 0.717) is 5.56 Å². The van der Waals surface area contributed by atoms with Gasteiger partial charge in [0.05, 0.1) is 17.9 Å². The molecule has 0 amide bonds. The van der Waals surface area contributed by atoms with Gasteiger partial charge in [0.2, 0.25) is 10.0 Å². The number of hydrogen-bond donors (Lipinski definition) is 2. The van der Waals surface area contributed by atoms with E-state index in [-0.39, 0.29) is 29.9 Å². The van der Waals surface area contributed by atoms with Gasteiger partial charge in [0.25, 0.3) is 0 Å². The van der Waals surface area contributed by atoms with Crippen molar-refractivity contribution < 1.29 is 23.1 Å². The van der Waals surface area contributed by atoms with Crippen LogP contribution in [-0.4, -0.2) is 39.3 Å². The molecule has 1 aromatic carbocycles. The van der Waals surface area contributed by atoms with Gasteiger partial charge < -0.3 is 9.84 Å². The van der Waals surface area contributed by atoms with Crippen LogP contribution in [0.4, 0.5) is 0 Å². The van der Waals surface area contributed by atoms with Crippen molar-refractivity contribution in [2.75, 3.05) is 13.7 Å². The Hall–Kier alpha value is -1.44. The van der Waals surface area contributed by atoms with Crippen molar-refractivity contribution in [1.29, 1.82) is 0 Å². The maximum atomic E-state index is 12.3. The second-order valence-electron chi connectivity index (χ2n) is 5.14. The van der Waals surface area contributed by atoms with Gasteiger partial charge in [-0.2, -0.15) is 0 Å².